The maximum absolute atomic E-state index is 13.1. The number of esters is 2. The van der Waals surface area contributed by atoms with E-state index in [2.05, 4.69) is 4.74 Å². The Morgan fingerprint density at radius 1 is 0.926 bits per heavy atom. The summed E-state index contributed by atoms with van der Waals surface area (Å²) in [4.78, 5) is 23.3. The lowest BCUT2D eigenvalue weighted by Crippen LogP contribution is -2.45. The Labute approximate surface area is 151 Å². The number of hydrogen-bond acceptors (Lipinski definition) is 4. The average molecular weight is 400 g/mol. The van der Waals surface area contributed by atoms with Crippen molar-refractivity contribution in [3.63, 3.8) is 0 Å². The molecule has 152 valence electrons. The molecule has 0 N–H and O–H groups in total. The van der Waals surface area contributed by atoms with Crippen LogP contribution < -0.4 is 0 Å². The third-order valence-corrected chi connectivity index (χ3v) is 3.39. The van der Waals surface area contributed by atoms with Crippen LogP contribution in [0.1, 0.15) is 46.9 Å². The minimum Gasteiger partial charge on any atom is -0.462 e. The zero-order valence-corrected chi connectivity index (χ0v) is 14.3. The first-order valence-electron chi connectivity index (χ1n) is 8.02. The van der Waals surface area contributed by atoms with Gasteiger partial charge in [-0.2, -0.15) is 22.0 Å². The summed E-state index contributed by atoms with van der Waals surface area (Å²) >= 11 is 0. The van der Waals surface area contributed by atoms with Crippen LogP contribution in [-0.4, -0.2) is 43.4 Å². The van der Waals surface area contributed by atoms with E-state index < -0.39 is 36.8 Å². The Bertz CT molecular complexity index is 627. The van der Waals surface area contributed by atoms with E-state index in [-0.39, 0.29) is 17.7 Å². The summed E-state index contributed by atoms with van der Waals surface area (Å²) in [7, 11) is 0. The quantitative estimate of drug-likeness (QED) is 0.342. The van der Waals surface area contributed by atoms with E-state index in [0.717, 1.165) is 25.0 Å². The van der Waals surface area contributed by atoms with E-state index in [1.807, 2.05) is 6.92 Å². The molecule has 0 aliphatic heterocycles. The van der Waals surface area contributed by atoms with Crippen molar-refractivity contribution >= 4 is 11.9 Å². The summed E-state index contributed by atoms with van der Waals surface area (Å²) in [6.45, 7) is 0.120. The molecule has 0 saturated carbocycles. The molecule has 10 heteroatoms. The van der Waals surface area contributed by atoms with Gasteiger partial charge in [0.15, 0.2) is 6.61 Å². The van der Waals surface area contributed by atoms with Crippen LogP contribution >= 0.6 is 0 Å². The summed E-state index contributed by atoms with van der Waals surface area (Å²) in [5, 5.41) is 0. The summed E-state index contributed by atoms with van der Waals surface area (Å²) in [5.74, 6) is -6.95. The Morgan fingerprint density at radius 3 is 1.85 bits per heavy atom. The normalized spacial score (nSPS) is 13.1. The number of unbranched alkanes of at least 4 members (excludes halogenated alkanes) is 2. The SMILES string of the molecule is CCCCCOC(=O)c1ccc(C(=O)OCC(F)(F)C(F)C(F)(F)F)cc1. The molecule has 0 spiro atoms. The summed E-state index contributed by atoms with van der Waals surface area (Å²) in [6.07, 6.45) is -7.72. The van der Waals surface area contributed by atoms with Crippen LogP contribution in [0, 0.1) is 0 Å². The molecular weight excluding hydrogens is 382 g/mol. The van der Waals surface area contributed by atoms with Crippen LogP contribution in [0.25, 0.3) is 0 Å². The van der Waals surface area contributed by atoms with Gasteiger partial charge >= 0.3 is 24.0 Å². The molecular formula is C17H18F6O4. The van der Waals surface area contributed by atoms with Gasteiger partial charge in [-0.25, -0.2) is 14.0 Å². The minimum absolute atomic E-state index is 0.0919. The van der Waals surface area contributed by atoms with Crippen molar-refractivity contribution in [2.45, 2.75) is 44.5 Å². The Hall–Kier alpha value is -2.26. The standard InChI is InChI=1S/C17H18F6O4/c1-2-3-4-9-26-13(24)11-5-7-12(8-6-11)14(25)27-10-16(19,20)15(18)17(21,22)23/h5-8,15H,2-4,9-10H2,1H3. The molecule has 1 rings (SSSR count). The molecule has 0 amide bonds. The first-order valence-corrected chi connectivity index (χ1v) is 8.02. The molecule has 0 bridgehead atoms. The maximum atomic E-state index is 13.1. The van der Waals surface area contributed by atoms with E-state index >= 15 is 0 Å². The third-order valence-electron chi connectivity index (χ3n) is 3.39. The summed E-state index contributed by atoms with van der Waals surface area (Å²) in [6, 6.07) is 4.45. The average Bonchev–Trinajstić information content (AvgIpc) is 2.62. The molecule has 1 unspecified atom stereocenters. The first kappa shape index (κ1) is 22.8. The number of benzene rings is 1. The fourth-order valence-electron chi connectivity index (χ4n) is 1.90. The summed E-state index contributed by atoms with van der Waals surface area (Å²) < 4.78 is 84.0. The number of carbonyl (C=O) groups is 2. The fraction of sp³-hybridized carbons (Fsp3) is 0.529. The van der Waals surface area contributed by atoms with Crippen LogP contribution in [0.4, 0.5) is 26.3 Å². The molecule has 1 aromatic rings. The molecule has 0 fully saturated rings. The van der Waals surface area contributed by atoms with Crippen molar-refractivity contribution in [1.82, 2.24) is 0 Å². The topological polar surface area (TPSA) is 52.6 Å². The highest BCUT2D eigenvalue weighted by Gasteiger charge is 2.57. The highest BCUT2D eigenvalue weighted by Crippen LogP contribution is 2.35. The van der Waals surface area contributed by atoms with Gasteiger partial charge in [0, 0.05) is 0 Å². The lowest BCUT2D eigenvalue weighted by atomic mass is 10.1. The van der Waals surface area contributed by atoms with Crippen molar-refractivity contribution in [3.8, 4) is 0 Å². The Morgan fingerprint density at radius 2 is 1.41 bits per heavy atom. The molecule has 4 nitrogen and oxygen atoms in total. The predicted octanol–water partition coefficient (Wildman–Crippen LogP) is 4.73. The monoisotopic (exact) mass is 400 g/mol. The predicted molar refractivity (Wildman–Crippen MR) is 82.4 cm³/mol. The van der Waals surface area contributed by atoms with Crippen molar-refractivity contribution < 1.29 is 45.4 Å². The van der Waals surface area contributed by atoms with Crippen LogP contribution in [0.2, 0.25) is 0 Å². The van der Waals surface area contributed by atoms with Crippen LogP contribution in [0.15, 0.2) is 24.3 Å². The van der Waals surface area contributed by atoms with Crippen LogP contribution in [0.3, 0.4) is 0 Å². The van der Waals surface area contributed by atoms with Crippen molar-refractivity contribution in [2.75, 3.05) is 13.2 Å². The lowest BCUT2D eigenvalue weighted by molar-refractivity contribution is -0.251. The molecule has 0 aliphatic carbocycles. The highest BCUT2D eigenvalue weighted by molar-refractivity contribution is 5.93. The zero-order valence-electron chi connectivity index (χ0n) is 14.3. The number of ether oxygens (including phenoxy) is 2. The third kappa shape index (κ3) is 7.10. The van der Waals surface area contributed by atoms with E-state index in [1.54, 1.807) is 0 Å². The van der Waals surface area contributed by atoms with Crippen molar-refractivity contribution in [3.05, 3.63) is 35.4 Å². The molecule has 0 heterocycles. The highest BCUT2D eigenvalue weighted by atomic mass is 19.4. The van der Waals surface area contributed by atoms with E-state index in [1.165, 1.54) is 12.1 Å². The van der Waals surface area contributed by atoms with E-state index in [4.69, 9.17) is 4.74 Å². The van der Waals surface area contributed by atoms with E-state index in [0.29, 0.717) is 6.42 Å². The van der Waals surface area contributed by atoms with Crippen LogP contribution in [-0.2, 0) is 9.47 Å². The van der Waals surface area contributed by atoms with Crippen molar-refractivity contribution in [1.29, 1.82) is 0 Å². The number of rotatable bonds is 9. The number of hydrogen-bond donors (Lipinski definition) is 0. The van der Waals surface area contributed by atoms with Crippen molar-refractivity contribution in [2.24, 2.45) is 0 Å². The van der Waals surface area contributed by atoms with Gasteiger partial charge < -0.3 is 9.47 Å². The molecule has 1 aromatic carbocycles. The molecule has 1 atom stereocenters. The Kier molecular flexibility index (Phi) is 8.11. The second-order valence-electron chi connectivity index (χ2n) is 5.66. The van der Waals surface area contributed by atoms with Gasteiger partial charge in [-0.15, -0.1) is 0 Å². The first-order chi connectivity index (χ1) is 12.5. The van der Waals surface area contributed by atoms with Crippen LogP contribution in [0.5, 0.6) is 0 Å². The van der Waals surface area contributed by atoms with Gasteiger partial charge in [0.05, 0.1) is 17.7 Å². The number of alkyl halides is 6. The smallest absolute Gasteiger partial charge is 0.425 e. The maximum Gasteiger partial charge on any atom is 0.425 e. The number of carbonyl (C=O) groups excluding carboxylic acids is 2. The molecule has 27 heavy (non-hydrogen) atoms. The van der Waals surface area contributed by atoms with Gasteiger partial charge in [-0.1, -0.05) is 19.8 Å². The van der Waals surface area contributed by atoms with Gasteiger partial charge in [0.25, 0.3) is 6.17 Å². The summed E-state index contributed by atoms with van der Waals surface area (Å²) in [5.41, 5.74) is -0.204. The molecule has 0 saturated heterocycles. The van der Waals surface area contributed by atoms with E-state index in [9.17, 15) is 35.9 Å². The van der Waals surface area contributed by atoms with Gasteiger partial charge in [-0.3, -0.25) is 0 Å². The second kappa shape index (κ2) is 9.61. The minimum atomic E-state index is -5.78. The second-order valence-corrected chi connectivity index (χ2v) is 5.66. The lowest BCUT2D eigenvalue weighted by Gasteiger charge is -2.22. The molecule has 0 aromatic heterocycles. The molecule has 0 radical (unpaired) electrons. The fourth-order valence-corrected chi connectivity index (χ4v) is 1.90. The van der Waals surface area contributed by atoms with Gasteiger partial charge in [0.2, 0.25) is 0 Å². The largest absolute Gasteiger partial charge is 0.462 e. The zero-order chi connectivity index (χ0) is 20.7. The Balaban J connectivity index is 2.60. The molecule has 0 aliphatic rings. The van der Waals surface area contributed by atoms with Gasteiger partial charge in [-0.05, 0) is 30.7 Å². The number of halogens is 6. The van der Waals surface area contributed by atoms with Gasteiger partial charge in [0.1, 0.15) is 0 Å².